The summed E-state index contributed by atoms with van der Waals surface area (Å²) >= 11 is 1.47. The van der Waals surface area contributed by atoms with Crippen molar-refractivity contribution in [3.05, 3.63) is 66.4 Å². The quantitative estimate of drug-likeness (QED) is 0.427. The van der Waals surface area contributed by atoms with Gasteiger partial charge in [-0.3, -0.25) is 20.4 Å². The van der Waals surface area contributed by atoms with Gasteiger partial charge in [0.1, 0.15) is 0 Å². The van der Waals surface area contributed by atoms with Gasteiger partial charge in [0.15, 0.2) is 34.6 Å². The van der Waals surface area contributed by atoms with Crippen molar-refractivity contribution in [3.8, 4) is 22.3 Å². The first-order chi connectivity index (χ1) is 15.1. The number of nitrogens with zero attached hydrogens (tertiary/aromatic N) is 1. The Morgan fingerprint density at radius 2 is 1.71 bits per heavy atom. The molecule has 0 atom stereocenters. The predicted molar refractivity (Wildman–Crippen MR) is 116 cm³/mol. The Labute approximate surface area is 181 Å². The van der Waals surface area contributed by atoms with Crippen LogP contribution in [-0.4, -0.2) is 30.0 Å². The number of furan rings is 1. The predicted octanol–water partition coefficient (Wildman–Crippen LogP) is 3.80. The number of fused-ring (bicyclic) bond motifs is 1. The standard InChI is InChI=1S/C22H19N3O5S/c1-2-28-15-8-4-5-9-16(15)29-13-20(26)24-25-21(27)17-11-12-18(30-17)22-23-14-7-3-6-10-19(14)31-22/h3-12H,2,13H2,1H3,(H,24,26)(H,25,27). The van der Waals surface area contributed by atoms with E-state index in [0.717, 1.165) is 10.2 Å². The van der Waals surface area contributed by atoms with E-state index in [1.54, 1.807) is 24.3 Å². The van der Waals surface area contributed by atoms with Gasteiger partial charge in [-0.05, 0) is 43.3 Å². The van der Waals surface area contributed by atoms with Crippen LogP contribution in [0.5, 0.6) is 11.5 Å². The van der Waals surface area contributed by atoms with Crippen LogP contribution in [0, 0.1) is 0 Å². The van der Waals surface area contributed by atoms with Crippen LogP contribution in [0.3, 0.4) is 0 Å². The molecule has 0 spiro atoms. The van der Waals surface area contributed by atoms with Gasteiger partial charge >= 0.3 is 5.91 Å². The lowest BCUT2D eigenvalue weighted by Gasteiger charge is -2.11. The maximum Gasteiger partial charge on any atom is 0.305 e. The third-order valence-electron chi connectivity index (χ3n) is 4.16. The molecular formula is C22H19N3O5S. The van der Waals surface area contributed by atoms with Crippen molar-refractivity contribution in [2.75, 3.05) is 13.2 Å². The number of ether oxygens (including phenoxy) is 2. The van der Waals surface area contributed by atoms with Crippen molar-refractivity contribution in [2.24, 2.45) is 0 Å². The number of aromatic nitrogens is 1. The molecule has 2 amide bonds. The Kier molecular flexibility index (Phi) is 6.13. The number of hydrazine groups is 1. The summed E-state index contributed by atoms with van der Waals surface area (Å²) in [6, 6.07) is 18.0. The van der Waals surface area contributed by atoms with Gasteiger partial charge in [0, 0.05) is 0 Å². The van der Waals surface area contributed by atoms with Crippen molar-refractivity contribution >= 4 is 33.4 Å². The molecule has 2 aromatic carbocycles. The maximum absolute atomic E-state index is 12.3. The Morgan fingerprint density at radius 1 is 0.968 bits per heavy atom. The van der Waals surface area contributed by atoms with Crippen LogP contribution >= 0.6 is 11.3 Å². The number of amides is 2. The van der Waals surface area contributed by atoms with Crippen LogP contribution < -0.4 is 20.3 Å². The zero-order valence-electron chi connectivity index (χ0n) is 16.6. The molecule has 0 bridgehead atoms. The number of rotatable bonds is 7. The van der Waals surface area contributed by atoms with E-state index in [1.807, 2.05) is 37.3 Å². The van der Waals surface area contributed by atoms with Crippen LogP contribution in [0.2, 0.25) is 0 Å². The molecule has 0 fully saturated rings. The van der Waals surface area contributed by atoms with Gasteiger partial charge in [0.05, 0.1) is 16.8 Å². The lowest BCUT2D eigenvalue weighted by atomic mass is 10.3. The Hall–Kier alpha value is -3.85. The summed E-state index contributed by atoms with van der Waals surface area (Å²) in [6.07, 6.45) is 0. The minimum Gasteiger partial charge on any atom is -0.490 e. The van der Waals surface area contributed by atoms with Gasteiger partial charge in [-0.2, -0.15) is 0 Å². The third kappa shape index (κ3) is 4.84. The summed E-state index contributed by atoms with van der Waals surface area (Å²) in [5.74, 6) is 0.399. The van der Waals surface area contributed by atoms with Crippen molar-refractivity contribution < 1.29 is 23.5 Å². The fraction of sp³-hybridized carbons (Fsp3) is 0.136. The minimum atomic E-state index is -0.588. The van der Waals surface area contributed by atoms with Crippen molar-refractivity contribution in [3.63, 3.8) is 0 Å². The summed E-state index contributed by atoms with van der Waals surface area (Å²) in [6.45, 7) is 2.04. The maximum atomic E-state index is 12.3. The van der Waals surface area contributed by atoms with Crippen molar-refractivity contribution in [1.29, 1.82) is 0 Å². The Balaban J connectivity index is 1.31. The van der Waals surface area contributed by atoms with Gasteiger partial charge < -0.3 is 13.9 Å². The summed E-state index contributed by atoms with van der Waals surface area (Å²) < 4.78 is 17.5. The molecule has 0 saturated carbocycles. The molecule has 0 unspecified atom stereocenters. The van der Waals surface area contributed by atoms with Gasteiger partial charge in [0.2, 0.25) is 0 Å². The number of nitrogens with one attached hydrogen (secondary N) is 2. The number of thiazole rings is 1. The van der Waals surface area contributed by atoms with Crippen LogP contribution in [0.1, 0.15) is 17.5 Å². The third-order valence-corrected chi connectivity index (χ3v) is 5.21. The smallest absolute Gasteiger partial charge is 0.305 e. The number of carbonyl (C=O) groups is 2. The van der Waals surface area contributed by atoms with Gasteiger partial charge in [-0.25, -0.2) is 4.98 Å². The van der Waals surface area contributed by atoms with E-state index in [2.05, 4.69) is 15.8 Å². The molecule has 0 aliphatic carbocycles. The molecule has 9 heteroatoms. The monoisotopic (exact) mass is 437 g/mol. The van der Waals surface area contributed by atoms with E-state index in [4.69, 9.17) is 13.9 Å². The number of hydrogen-bond donors (Lipinski definition) is 2. The molecule has 2 heterocycles. The van der Waals surface area contributed by atoms with E-state index >= 15 is 0 Å². The van der Waals surface area contributed by atoms with Crippen LogP contribution in [-0.2, 0) is 4.79 Å². The SMILES string of the molecule is CCOc1ccccc1OCC(=O)NNC(=O)c1ccc(-c2nc3ccccc3s2)o1. The molecule has 4 aromatic rings. The van der Waals surface area contributed by atoms with Crippen LogP contribution in [0.25, 0.3) is 21.0 Å². The number of hydrogen-bond acceptors (Lipinski definition) is 7. The average Bonchev–Trinajstić information content (AvgIpc) is 3.44. The Bertz CT molecular complexity index is 1180. The van der Waals surface area contributed by atoms with E-state index < -0.39 is 11.8 Å². The van der Waals surface area contributed by atoms with Crippen LogP contribution in [0.15, 0.2) is 65.1 Å². The lowest BCUT2D eigenvalue weighted by Crippen LogP contribution is -2.43. The zero-order chi connectivity index (χ0) is 21.6. The highest BCUT2D eigenvalue weighted by molar-refractivity contribution is 7.21. The normalized spacial score (nSPS) is 10.6. The molecule has 2 aromatic heterocycles. The average molecular weight is 437 g/mol. The first-order valence-electron chi connectivity index (χ1n) is 9.53. The summed E-state index contributed by atoms with van der Waals surface area (Å²) in [5.41, 5.74) is 5.47. The molecule has 0 radical (unpaired) electrons. The van der Waals surface area contributed by atoms with Gasteiger partial charge in [0.25, 0.3) is 5.91 Å². The summed E-state index contributed by atoms with van der Waals surface area (Å²) in [7, 11) is 0. The number of para-hydroxylation sites is 3. The van der Waals surface area contributed by atoms with Crippen molar-refractivity contribution in [1.82, 2.24) is 15.8 Å². The van der Waals surface area contributed by atoms with Gasteiger partial charge in [-0.15, -0.1) is 11.3 Å². The highest BCUT2D eigenvalue weighted by atomic mass is 32.1. The highest BCUT2D eigenvalue weighted by Gasteiger charge is 2.16. The molecule has 0 saturated heterocycles. The van der Waals surface area contributed by atoms with E-state index in [1.165, 1.54) is 17.4 Å². The topological polar surface area (TPSA) is 103 Å². The molecule has 158 valence electrons. The number of carbonyl (C=O) groups excluding carboxylic acids is 2. The highest BCUT2D eigenvalue weighted by Crippen LogP contribution is 2.31. The fourth-order valence-corrected chi connectivity index (χ4v) is 3.69. The molecule has 8 nitrogen and oxygen atoms in total. The second kappa shape index (κ2) is 9.31. The second-order valence-electron chi connectivity index (χ2n) is 6.32. The minimum absolute atomic E-state index is 0.0529. The van der Waals surface area contributed by atoms with E-state index in [9.17, 15) is 9.59 Å². The first kappa shape index (κ1) is 20.4. The molecule has 2 N–H and O–H groups in total. The molecular weight excluding hydrogens is 418 g/mol. The summed E-state index contributed by atoms with van der Waals surface area (Å²) in [5, 5.41) is 0.672. The molecule has 0 aliphatic heterocycles. The second-order valence-corrected chi connectivity index (χ2v) is 7.35. The van der Waals surface area contributed by atoms with E-state index in [-0.39, 0.29) is 12.4 Å². The van der Waals surface area contributed by atoms with Gasteiger partial charge in [-0.1, -0.05) is 24.3 Å². The van der Waals surface area contributed by atoms with E-state index in [0.29, 0.717) is 28.9 Å². The molecule has 4 rings (SSSR count). The molecule has 31 heavy (non-hydrogen) atoms. The van der Waals surface area contributed by atoms with Crippen molar-refractivity contribution in [2.45, 2.75) is 6.92 Å². The lowest BCUT2D eigenvalue weighted by molar-refractivity contribution is -0.123. The van der Waals surface area contributed by atoms with Crippen LogP contribution in [0.4, 0.5) is 0 Å². The first-order valence-corrected chi connectivity index (χ1v) is 10.4. The Morgan fingerprint density at radius 3 is 2.48 bits per heavy atom. The fourth-order valence-electron chi connectivity index (χ4n) is 2.76. The number of benzene rings is 2. The molecule has 0 aliphatic rings. The zero-order valence-corrected chi connectivity index (χ0v) is 17.4. The summed E-state index contributed by atoms with van der Waals surface area (Å²) in [4.78, 5) is 28.8. The largest absolute Gasteiger partial charge is 0.490 e.